The van der Waals surface area contributed by atoms with Crippen LogP contribution >= 0.6 is 47.8 Å². The lowest BCUT2D eigenvalue weighted by atomic mass is 9.83. The first-order chi connectivity index (χ1) is 52.5. The number of hydrogen-bond donors (Lipinski definition) is 0. The quantitative estimate of drug-likeness (QED) is 0.0158. The SMILES string of the molecule is CC(Br)C(=O)OC(CC(=O)Oc1ccc([S+](c2ccccc2)c2ccccc2)cc1)C1CC2CCC1C2.CC(Br)C(=O)OC(CC(=O)Oc1ccc([S+](c2ccccc2)c2ccccc2)cc1)C1CCCC1.CC(Br)C(=O)OC(CC(=O)Oc1ccc([S+](c2ccccc2)c2ccccc2)cc1)C1CCCCC1. The third-order valence-electron chi connectivity index (χ3n) is 20.0. The second kappa shape index (κ2) is 41.4. The van der Waals surface area contributed by atoms with Crippen molar-refractivity contribution < 1.29 is 57.2 Å². The molecule has 108 heavy (non-hydrogen) atoms. The van der Waals surface area contributed by atoms with Crippen LogP contribution in [-0.4, -0.2) is 68.6 Å². The molecule has 0 radical (unpaired) electrons. The Morgan fingerprint density at radius 1 is 0.315 bits per heavy atom. The van der Waals surface area contributed by atoms with Crippen LogP contribution < -0.4 is 14.2 Å². The summed E-state index contributed by atoms with van der Waals surface area (Å²) in [6.07, 6.45) is 13.0. The molecule has 4 saturated carbocycles. The molecule has 13 rings (SSSR count). The normalized spacial score (nSPS) is 17.8. The Labute approximate surface area is 670 Å². The van der Waals surface area contributed by atoms with E-state index in [9.17, 15) is 28.8 Å². The summed E-state index contributed by atoms with van der Waals surface area (Å²) in [6.45, 7) is 5.21. The number of hydrogen-bond acceptors (Lipinski definition) is 12. The highest BCUT2D eigenvalue weighted by Crippen LogP contribution is 2.51. The van der Waals surface area contributed by atoms with Gasteiger partial charge < -0.3 is 28.4 Å². The molecule has 4 aliphatic carbocycles. The van der Waals surface area contributed by atoms with Gasteiger partial charge in [0.2, 0.25) is 0 Å². The van der Waals surface area contributed by atoms with E-state index in [4.69, 9.17) is 28.4 Å². The highest BCUT2D eigenvalue weighted by molar-refractivity contribution is 9.10. The van der Waals surface area contributed by atoms with Gasteiger partial charge in [0.25, 0.3) is 0 Å². The van der Waals surface area contributed by atoms with Gasteiger partial charge in [-0.3, -0.25) is 28.8 Å². The molecule has 2 bridgehead atoms. The first-order valence-electron chi connectivity index (χ1n) is 37.5. The molecule has 4 fully saturated rings. The van der Waals surface area contributed by atoms with Crippen molar-refractivity contribution in [3.63, 3.8) is 0 Å². The van der Waals surface area contributed by atoms with E-state index in [2.05, 4.69) is 193 Å². The molecule has 0 heterocycles. The van der Waals surface area contributed by atoms with Crippen molar-refractivity contribution in [2.75, 3.05) is 0 Å². The zero-order valence-electron chi connectivity index (χ0n) is 61.2. The number of benzene rings is 9. The van der Waals surface area contributed by atoms with E-state index >= 15 is 0 Å². The van der Waals surface area contributed by atoms with Crippen LogP contribution in [-0.2, 0) is 75.7 Å². The van der Waals surface area contributed by atoms with E-state index in [0.29, 0.717) is 29.1 Å². The maximum atomic E-state index is 13.0. The van der Waals surface area contributed by atoms with E-state index in [1.54, 1.807) is 20.8 Å². The van der Waals surface area contributed by atoms with E-state index in [-0.39, 0.29) is 106 Å². The average molecular weight is 1700 g/mol. The Hall–Kier alpha value is -7.71. The lowest BCUT2D eigenvalue weighted by molar-refractivity contribution is -0.157. The minimum atomic E-state index is -0.452. The Balaban J connectivity index is 0.000000161. The van der Waals surface area contributed by atoms with Crippen molar-refractivity contribution >= 4 is 116 Å². The highest BCUT2D eigenvalue weighted by Gasteiger charge is 2.46. The van der Waals surface area contributed by atoms with Gasteiger partial charge in [-0.15, -0.1) is 0 Å². The summed E-state index contributed by atoms with van der Waals surface area (Å²) < 4.78 is 34.3. The summed E-state index contributed by atoms with van der Waals surface area (Å²) in [5.41, 5.74) is 0. The third kappa shape index (κ3) is 23.7. The Kier molecular flexibility index (Phi) is 31.1. The molecule has 4 aliphatic rings. The van der Waals surface area contributed by atoms with E-state index < -0.39 is 32.8 Å². The van der Waals surface area contributed by atoms with Crippen LogP contribution in [0.15, 0.2) is 299 Å². The molecule has 9 aromatic rings. The standard InChI is InChI=1S/C31H32BrO4S.C30H32BrO4S.C29H30BrO4S/c1-21(32)31(34)36-29(28-19-22-12-13-23(28)18-22)20-30(33)35-24-14-16-27(17-15-24)37(25-8-4-2-5-9-25)26-10-6-3-7-11-26;1-22(31)30(33)35-28(23-11-5-2-6-12-23)21-29(32)34-24-17-19-27(20-18-24)36(25-13-7-3-8-14-25)26-15-9-4-10-16-26;1-21(30)29(32)34-27(22-10-8-9-11-22)20-28(31)33-23-16-18-26(19-17-23)35(24-12-4-2-5-13-24)25-14-6-3-7-15-25/h2-11,14-17,21-23,28-29H,12-13,18-20H2,1H3;3-4,7-10,13-20,22-23,28H,2,5-6,11-12,21H2,1H3;2-7,12-19,21-22,27H,8-11,20H2,1H3/q3*+1. The fourth-order valence-electron chi connectivity index (χ4n) is 14.7. The van der Waals surface area contributed by atoms with Gasteiger partial charge >= 0.3 is 35.8 Å². The van der Waals surface area contributed by atoms with Gasteiger partial charge in [-0.05, 0) is 241 Å². The summed E-state index contributed by atoms with van der Waals surface area (Å²) in [5, 5.41) is 0. The minimum Gasteiger partial charge on any atom is -0.461 e. The average Bonchev–Trinajstić information content (AvgIpc) is 1.56. The van der Waals surface area contributed by atoms with E-state index in [1.807, 2.05) is 109 Å². The zero-order chi connectivity index (χ0) is 75.7. The van der Waals surface area contributed by atoms with E-state index in [0.717, 1.165) is 78.9 Å². The van der Waals surface area contributed by atoms with E-state index in [1.165, 1.54) is 48.6 Å². The molecular weight excluding hydrogens is 1610 g/mol. The van der Waals surface area contributed by atoms with Crippen molar-refractivity contribution in [1.29, 1.82) is 0 Å². The Morgan fingerprint density at radius 2 is 0.565 bits per heavy atom. The lowest BCUT2D eigenvalue weighted by Gasteiger charge is -2.30. The molecule has 562 valence electrons. The maximum absolute atomic E-state index is 13.0. The summed E-state index contributed by atoms with van der Waals surface area (Å²) in [7, 11) is -0.783. The fraction of sp³-hybridized carbons (Fsp3) is 0.333. The molecule has 0 amide bonds. The lowest BCUT2D eigenvalue weighted by Crippen LogP contribution is -2.35. The zero-order valence-corrected chi connectivity index (χ0v) is 68.4. The minimum absolute atomic E-state index is 0.0658. The topological polar surface area (TPSA) is 158 Å². The number of fused-ring (bicyclic) bond motifs is 2. The first-order valence-corrected chi connectivity index (χ1v) is 43.9. The predicted molar refractivity (Wildman–Crippen MR) is 438 cm³/mol. The number of carbonyl (C=O) groups is 6. The van der Waals surface area contributed by atoms with Crippen molar-refractivity contribution in [3.8, 4) is 17.2 Å². The molecule has 9 aromatic carbocycles. The monoisotopic (exact) mass is 1700 g/mol. The maximum Gasteiger partial charge on any atom is 0.319 e. The second-order valence-electron chi connectivity index (χ2n) is 27.8. The molecule has 12 nitrogen and oxygen atoms in total. The van der Waals surface area contributed by atoms with Crippen LogP contribution in [0.4, 0.5) is 0 Å². The molecule has 0 spiro atoms. The van der Waals surface area contributed by atoms with Gasteiger partial charge in [0.15, 0.2) is 44.1 Å². The van der Waals surface area contributed by atoms with Gasteiger partial charge in [0.05, 0.1) is 51.9 Å². The predicted octanol–water partition coefficient (Wildman–Crippen LogP) is 21.5. The molecule has 0 aromatic heterocycles. The largest absolute Gasteiger partial charge is 0.461 e. The van der Waals surface area contributed by atoms with Crippen LogP contribution in [0.5, 0.6) is 17.2 Å². The van der Waals surface area contributed by atoms with Crippen LogP contribution in [0.25, 0.3) is 0 Å². The van der Waals surface area contributed by atoms with Crippen molar-refractivity contribution in [1.82, 2.24) is 0 Å². The molecule has 0 aliphatic heterocycles. The number of alkyl halides is 3. The summed E-state index contributed by atoms with van der Waals surface area (Å²) >= 11 is 9.83. The van der Waals surface area contributed by atoms with Crippen molar-refractivity contribution in [2.45, 2.75) is 200 Å². The summed E-state index contributed by atoms with van der Waals surface area (Å²) in [4.78, 5) is 85.0. The van der Waals surface area contributed by atoms with Crippen molar-refractivity contribution in [2.24, 2.45) is 29.6 Å². The summed E-state index contributed by atoms with van der Waals surface area (Å²) in [6, 6.07) is 85.8. The highest BCUT2D eigenvalue weighted by atomic mass is 79.9. The van der Waals surface area contributed by atoms with Crippen LogP contribution in [0.1, 0.15) is 124 Å². The molecule has 0 saturated heterocycles. The number of halogens is 3. The third-order valence-corrected chi connectivity index (χ3v) is 27.8. The molecular formula is C90H94Br3O12S3+3. The second-order valence-corrected chi connectivity index (χ2v) is 38.0. The molecule has 9 atom stereocenters. The molecule has 0 N–H and O–H groups in total. The molecule has 18 heteroatoms. The number of esters is 6. The Morgan fingerprint density at radius 3 is 0.815 bits per heavy atom. The Bertz CT molecular complexity index is 4170. The number of rotatable bonds is 27. The van der Waals surface area contributed by atoms with Crippen LogP contribution in [0, 0.1) is 29.6 Å². The van der Waals surface area contributed by atoms with Gasteiger partial charge in [0.1, 0.15) is 50.0 Å². The van der Waals surface area contributed by atoms with Gasteiger partial charge in [0, 0.05) is 0 Å². The molecule has 9 unspecified atom stereocenters. The smallest absolute Gasteiger partial charge is 0.319 e. The fourth-order valence-corrected chi connectivity index (χ4v) is 21.3. The van der Waals surface area contributed by atoms with Crippen molar-refractivity contribution in [3.05, 3.63) is 255 Å². The number of carbonyl (C=O) groups excluding carboxylic acids is 6. The van der Waals surface area contributed by atoms with Gasteiger partial charge in [-0.2, -0.15) is 0 Å². The van der Waals surface area contributed by atoms with Crippen LogP contribution in [0.2, 0.25) is 0 Å². The van der Waals surface area contributed by atoms with Crippen LogP contribution in [0.3, 0.4) is 0 Å². The number of ether oxygens (including phenoxy) is 6. The van der Waals surface area contributed by atoms with Gasteiger partial charge in [-0.25, -0.2) is 0 Å². The van der Waals surface area contributed by atoms with Gasteiger partial charge in [-0.1, -0.05) is 196 Å². The first kappa shape index (κ1) is 81.3. The summed E-state index contributed by atoms with van der Waals surface area (Å²) in [5.74, 6) is 1.26.